The van der Waals surface area contributed by atoms with Crippen molar-refractivity contribution in [1.29, 1.82) is 0 Å². The number of aromatic nitrogens is 5. The Labute approximate surface area is 99.3 Å². The molecule has 1 atom stereocenters. The minimum absolute atomic E-state index is 0.436. The van der Waals surface area contributed by atoms with Gasteiger partial charge in [-0.25, -0.2) is 4.98 Å². The van der Waals surface area contributed by atoms with E-state index in [4.69, 9.17) is 0 Å². The Morgan fingerprint density at radius 2 is 2.29 bits per heavy atom. The van der Waals surface area contributed by atoms with Gasteiger partial charge in [0.15, 0.2) is 0 Å². The highest BCUT2D eigenvalue weighted by Gasteiger charge is 2.13. The van der Waals surface area contributed by atoms with Crippen LogP contribution in [0.4, 0.5) is 0 Å². The molecule has 0 aliphatic rings. The van der Waals surface area contributed by atoms with Crippen molar-refractivity contribution in [2.75, 3.05) is 0 Å². The molecule has 0 bridgehead atoms. The predicted molar refractivity (Wildman–Crippen MR) is 61.0 cm³/mol. The Bertz CT molecular complexity index is 456. The van der Waals surface area contributed by atoms with Crippen molar-refractivity contribution < 1.29 is 5.11 Å². The Kier molecular flexibility index (Phi) is 3.77. The maximum atomic E-state index is 10.0. The van der Waals surface area contributed by atoms with Gasteiger partial charge in [-0.15, -0.1) is 0 Å². The molecule has 1 N–H and O–H groups in total. The van der Waals surface area contributed by atoms with E-state index in [9.17, 15) is 5.11 Å². The topological polar surface area (TPSA) is 76.7 Å². The first-order valence-corrected chi connectivity index (χ1v) is 5.62. The van der Waals surface area contributed by atoms with Crippen LogP contribution in [0.3, 0.4) is 0 Å². The van der Waals surface area contributed by atoms with E-state index in [-0.39, 0.29) is 0 Å². The van der Waals surface area contributed by atoms with Crippen LogP contribution in [0.5, 0.6) is 0 Å². The molecule has 2 heterocycles. The third kappa shape index (κ3) is 2.85. The van der Waals surface area contributed by atoms with Crippen molar-refractivity contribution in [2.45, 2.75) is 32.4 Å². The fourth-order valence-electron chi connectivity index (χ4n) is 1.63. The van der Waals surface area contributed by atoms with Crippen molar-refractivity contribution in [2.24, 2.45) is 0 Å². The molecule has 0 fully saturated rings. The molecular formula is C11H15N5O. The van der Waals surface area contributed by atoms with Gasteiger partial charge in [-0.1, -0.05) is 6.92 Å². The molecule has 2 aromatic heterocycles. The average molecular weight is 233 g/mol. The molecule has 1 unspecified atom stereocenters. The van der Waals surface area contributed by atoms with Crippen LogP contribution in [-0.2, 0) is 13.0 Å². The highest BCUT2D eigenvalue weighted by molar-refractivity contribution is 5.10. The molecule has 2 aromatic rings. The maximum Gasteiger partial charge on any atom is 0.138 e. The van der Waals surface area contributed by atoms with E-state index < -0.39 is 6.10 Å². The summed E-state index contributed by atoms with van der Waals surface area (Å²) in [7, 11) is 0. The third-order valence-corrected chi connectivity index (χ3v) is 2.50. The fourth-order valence-corrected chi connectivity index (χ4v) is 1.63. The van der Waals surface area contributed by atoms with E-state index in [1.807, 2.05) is 4.68 Å². The highest BCUT2D eigenvalue weighted by atomic mass is 16.3. The second-order valence-corrected chi connectivity index (χ2v) is 3.80. The van der Waals surface area contributed by atoms with E-state index in [0.717, 1.165) is 24.4 Å². The molecule has 0 aliphatic carbocycles. The minimum atomic E-state index is -0.620. The molecule has 2 rings (SSSR count). The van der Waals surface area contributed by atoms with Gasteiger partial charge in [-0.3, -0.25) is 4.68 Å². The minimum Gasteiger partial charge on any atom is -0.388 e. The van der Waals surface area contributed by atoms with Crippen molar-refractivity contribution in [3.05, 3.63) is 36.2 Å². The van der Waals surface area contributed by atoms with E-state index >= 15 is 0 Å². The van der Waals surface area contributed by atoms with Gasteiger partial charge in [0.1, 0.15) is 12.2 Å². The third-order valence-electron chi connectivity index (χ3n) is 2.50. The van der Waals surface area contributed by atoms with Crippen molar-refractivity contribution in [1.82, 2.24) is 25.0 Å². The average Bonchev–Trinajstić information content (AvgIpc) is 2.78. The molecule has 0 aliphatic heterocycles. The Hall–Kier alpha value is -1.82. The predicted octanol–water partition coefficient (Wildman–Crippen LogP) is 0.754. The Balaban J connectivity index is 2.08. The van der Waals surface area contributed by atoms with Crippen LogP contribution in [0.2, 0.25) is 0 Å². The summed E-state index contributed by atoms with van der Waals surface area (Å²) in [5, 5.41) is 21.6. The van der Waals surface area contributed by atoms with Crippen molar-refractivity contribution in [3.8, 4) is 0 Å². The lowest BCUT2D eigenvalue weighted by Crippen LogP contribution is -2.10. The molecule has 90 valence electrons. The summed E-state index contributed by atoms with van der Waals surface area (Å²) in [4.78, 5) is 4.16. The normalized spacial score (nSPS) is 12.6. The second kappa shape index (κ2) is 5.49. The van der Waals surface area contributed by atoms with Gasteiger partial charge in [0.05, 0.1) is 12.3 Å². The summed E-state index contributed by atoms with van der Waals surface area (Å²) in [5.74, 6) is 0.788. The Morgan fingerprint density at radius 1 is 1.41 bits per heavy atom. The van der Waals surface area contributed by atoms with Gasteiger partial charge in [0.25, 0.3) is 0 Å². The number of aliphatic hydroxyl groups excluding tert-OH is 1. The lowest BCUT2D eigenvalue weighted by atomic mass is 10.1. The zero-order chi connectivity index (χ0) is 12.1. The molecule has 6 heteroatoms. The van der Waals surface area contributed by atoms with Crippen LogP contribution in [0.15, 0.2) is 24.8 Å². The van der Waals surface area contributed by atoms with Gasteiger partial charge in [0.2, 0.25) is 0 Å². The van der Waals surface area contributed by atoms with Crippen LogP contribution < -0.4 is 0 Å². The first-order valence-electron chi connectivity index (χ1n) is 5.62. The van der Waals surface area contributed by atoms with Crippen LogP contribution >= 0.6 is 0 Å². The number of rotatable bonds is 5. The van der Waals surface area contributed by atoms with Crippen LogP contribution in [0.1, 0.15) is 30.8 Å². The van der Waals surface area contributed by atoms with E-state index in [1.54, 1.807) is 18.5 Å². The largest absolute Gasteiger partial charge is 0.388 e. The molecule has 17 heavy (non-hydrogen) atoms. The number of hydrogen-bond acceptors (Lipinski definition) is 5. The summed E-state index contributed by atoms with van der Waals surface area (Å²) >= 11 is 0. The molecule has 0 spiro atoms. The van der Waals surface area contributed by atoms with Crippen molar-refractivity contribution >= 4 is 0 Å². The monoisotopic (exact) mass is 233 g/mol. The first kappa shape index (κ1) is 11.7. The zero-order valence-electron chi connectivity index (χ0n) is 9.69. The molecule has 0 saturated heterocycles. The second-order valence-electron chi connectivity index (χ2n) is 3.80. The molecular weight excluding hydrogens is 218 g/mol. The first-order chi connectivity index (χ1) is 8.31. The Morgan fingerprint density at radius 3 is 3.00 bits per heavy atom. The molecule has 0 radical (unpaired) electrons. The van der Waals surface area contributed by atoms with E-state index in [1.165, 1.54) is 6.33 Å². The number of nitrogens with zero attached hydrogens (tertiary/aromatic N) is 5. The molecule has 6 nitrogen and oxygen atoms in total. The van der Waals surface area contributed by atoms with E-state index in [0.29, 0.717) is 6.42 Å². The van der Waals surface area contributed by atoms with Gasteiger partial charge < -0.3 is 5.11 Å². The lowest BCUT2D eigenvalue weighted by molar-refractivity contribution is 0.173. The lowest BCUT2D eigenvalue weighted by Gasteiger charge is -2.10. The zero-order valence-corrected chi connectivity index (χ0v) is 9.69. The fraction of sp³-hybridized carbons (Fsp3) is 0.455. The molecule has 0 amide bonds. The summed E-state index contributed by atoms with van der Waals surface area (Å²) in [6.07, 6.45) is 5.45. The van der Waals surface area contributed by atoms with Crippen LogP contribution in [-0.4, -0.2) is 30.1 Å². The number of hydrogen-bond donors (Lipinski definition) is 1. The van der Waals surface area contributed by atoms with Crippen LogP contribution in [0, 0.1) is 0 Å². The van der Waals surface area contributed by atoms with Crippen LogP contribution in [0.25, 0.3) is 0 Å². The molecule has 0 saturated carbocycles. The standard InChI is InChI=1S/C11H15N5O/c1-2-5-16-11(12-8-15-16)6-10(17)9-3-4-13-14-7-9/h3-4,7-8,10,17H,2,5-6H2,1H3. The SMILES string of the molecule is CCCn1ncnc1CC(O)c1ccnnc1. The smallest absolute Gasteiger partial charge is 0.138 e. The summed E-state index contributed by atoms with van der Waals surface area (Å²) in [5.41, 5.74) is 0.742. The van der Waals surface area contributed by atoms with Gasteiger partial charge in [-0.05, 0) is 12.5 Å². The van der Waals surface area contributed by atoms with Gasteiger partial charge in [0, 0.05) is 24.7 Å². The summed E-state index contributed by atoms with van der Waals surface area (Å²) in [6.45, 7) is 2.89. The summed E-state index contributed by atoms with van der Waals surface area (Å²) < 4.78 is 1.82. The highest BCUT2D eigenvalue weighted by Crippen LogP contribution is 2.15. The van der Waals surface area contributed by atoms with E-state index in [2.05, 4.69) is 27.2 Å². The van der Waals surface area contributed by atoms with Gasteiger partial charge in [-0.2, -0.15) is 15.3 Å². The number of aliphatic hydroxyl groups is 1. The maximum absolute atomic E-state index is 10.0. The van der Waals surface area contributed by atoms with Crippen molar-refractivity contribution in [3.63, 3.8) is 0 Å². The van der Waals surface area contributed by atoms with Gasteiger partial charge >= 0.3 is 0 Å². The quantitative estimate of drug-likeness (QED) is 0.824. The molecule has 0 aromatic carbocycles. The number of aryl methyl sites for hydroxylation is 1. The summed E-state index contributed by atoms with van der Waals surface area (Å²) in [6, 6.07) is 1.75.